The van der Waals surface area contributed by atoms with Gasteiger partial charge in [0.15, 0.2) is 11.5 Å². The molecule has 0 fully saturated rings. The molecule has 1 aromatic carbocycles. The summed E-state index contributed by atoms with van der Waals surface area (Å²) >= 11 is 3.44. The summed E-state index contributed by atoms with van der Waals surface area (Å²) in [6.45, 7) is 5.92. The Kier molecular flexibility index (Phi) is 10.9. The van der Waals surface area contributed by atoms with Crippen LogP contribution < -0.4 is 9.47 Å². The maximum atomic E-state index is 5.89. The van der Waals surface area contributed by atoms with Crippen LogP contribution in [0.4, 0.5) is 0 Å². The molecule has 0 bridgehead atoms. The molecule has 1 atom stereocenters. The molecule has 0 amide bonds. The van der Waals surface area contributed by atoms with Crippen molar-refractivity contribution in [2.24, 2.45) is 11.8 Å². The predicted octanol–water partition coefficient (Wildman–Crippen LogP) is 5.27. The number of halogens is 1. The average Bonchev–Trinajstić information content (AvgIpc) is 2.58. The van der Waals surface area contributed by atoms with E-state index in [0.717, 1.165) is 36.1 Å². The number of hydrogen-bond donors (Lipinski definition) is 0. The Morgan fingerprint density at radius 3 is 2.50 bits per heavy atom. The van der Waals surface area contributed by atoms with Gasteiger partial charge in [-0.25, -0.2) is 0 Å². The van der Waals surface area contributed by atoms with E-state index in [1.165, 1.54) is 5.56 Å². The van der Waals surface area contributed by atoms with Gasteiger partial charge in [-0.1, -0.05) is 48.0 Å². The number of ether oxygens (including phenoxy) is 3. The molecule has 0 heterocycles. The number of alkyl halides is 1. The lowest BCUT2D eigenvalue weighted by atomic mass is 9.86. The predicted molar refractivity (Wildman–Crippen MR) is 105 cm³/mol. The molecular formula is C20H31BrO3. The summed E-state index contributed by atoms with van der Waals surface area (Å²) in [4.78, 5) is 0. The van der Waals surface area contributed by atoms with Crippen LogP contribution in [0.3, 0.4) is 0 Å². The molecule has 0 saturated heterocycles. The van der Waals surface area contributed by atoms with Crippen LogP contribution >= 0.6 is 15.9 Å². The van der Waals surface area contributed by atoms with Crippen molar-refractivity contribution in [1.29, 1.82) is 0 Å². The monoisotopic (exact) mass is 398 g/mol. The van der Waals surface area contributed by atoms with Crippen molar-refractivity contribution in [3.8, 4) is 11.5 Å². The van der Waals surface area contributed by atoms with Crippen molar-refractivity contribution in [2.75, 3.05) is 32.8 Å². The fourth-order valence-electron chi connectivity index (χ4n) is 2.57. The van der Waals surface area contributed by atoms with Gasteiger partial charge < -0.3 is 14.2 Å². The van der Waals surface area contributed by atoms with Crippen LogP contribution in [0.25, 0.3) is 0 Å². The molecule has 3 nitrogen and oxygen atoms in total. The van der Waals surface area contributed by atoms with E-state index in [2.05, 4.69) is 54.1 Å². The quantitative estimate of drug-likeness (QED) is 0.272. The van der Waals surface area contributed by atoms with E-state index in [4.69, 9.17) is 14.2 Å². The molecule has 1 aromatic rings. The number of rotatable bonds is 12. The van der Waals surface area contributed by atoms with Gasteiger partial charge in [0, 0.05) is 25.5 Å². The van der Waals surface area contributed by atoms with Gasteiger partial charge in [-0.15, -0.1) is 0 Å². The van der Waals surface area contributed by atoms with E-state index in [1.54, 1.807) is 14.2 Å². The van der Waals surface area contributed by atoms with Crippen molar-refractivity contribution in [2.45, 2.75) is 33.1 Å². The molecule has 0 aliphatic heterocycles. The summed E-state index contributed by atoms with van der Waals surface area (Å²) in [6, 6.07) is 6.27. The van der Waals surface area contributed by atoms with Gasteiger partial charge in [0.05, 0.1) is 13.7 Å². The Balaban J connectivity index is 2.76. The molecule has 0 radical (unpaired) electrons. The molecule has 0 aromatic heterocycles. The Morgan fingerprint density at radius 2 is 1.88 bits per heavy atom. The van der Waals surface area contributed by atoms with E-state index in [-0.39, 0.29) is 0 Å². The van der Waals surface area contributed by atoms with E-state index >= 15 is 0 Å². The number of allylic oxidation sites excluding steroid dienone is 2. The van der Waals surface area contributed by atoms with Crippen LogP contribution in [0.5, 0.6) is 11.5 Å². The summed E-state index contributed by atoms with van der Waals surface area (Å²) in [5, 5.41) is 0.916. The highest BCUT2D eigenvalue weighted by molar-refractivity contribution is 9.09. The van der Waals surface area contributed by atoms with Crippen LogP contribution in [0.15, 0.2) is 30.4 Å². The second kappa shape index (κ2) is 12.4. The summed E-state index contributed by atoms with van der Waals surface area (Å²) in [7, 11) is 3.39. The van der Waals surface area contributed by atoms with Crippen molar-refractivity contribution in [3.05, 3.63) is 35.9 Å². The van der Waals surface area contributed by atoms with Gasteiger partial charge in [-0.2, -0.15) is 0 Å². The van der Waals surface area contributed by atoms with Crippen LogP contribution in [0, 0.1) is 11.8 Å². The molecule has 24 heavy (non-hydrogen) atoms. The van der Waals surface area contributed by atoms with Crippen molar-refractivity contribution >= 4 is 15.9 Å². The number of benzene rings is 1. The van der Waals surface area contributed by atoms with Gasteiger partial charge in [-0.05, 0) is 42.4 Å². The van der Waals surface area contributed by atoms with Crippen LogP contribution in [0.2, 0.25) is 0 Å². The fourth-order valence-corrected chi connectivity index (χ4v) is 2.84. The minimum absolute atomic E-state index is 0.620. The van der Waals surface area contributed by atoms with Crippen LogP contribution in [-0.4, -0.2) is 32.8 Å². The van der Waals surface area contributed by atoms with Crippen LogP contribution in [-0.2, 0) is 11.2 Å². The third kappa shape index (κ3) is 7.71. The molecule has 0 N–H and O–H groups in total. The minimum atomic E-state index is 0.620. The first-order valence-corrected chi connectivity index (χ1v) is 9.74. The third-order valence-corrected chi connectivity index (χ3v) is 4.49. The van der Waals surface area contributed by atoms with E-state index in [1.807, 2.05) is 6.07 Å². The van der Waals surface area contributed by atoms with Crippen molar-refractivity contribution in [1.82, 2.24) is 0 Å². The first-order chi connectivity index (χ1) is 11.6. The van der Waals surface area contributed by atoms with Crippen molar-refractivity contribution < 1.29 is 14.2 Å². The van der Waals surface area contributed by atoms with Crippen LogP contribution in [0.1, 0.15) is 32.3 Å². The van der Waals surface area contributed by atoms with E-state index in [9.17, 15) is 0 Å². The topological polar surface area (TPSA) is 27.7 Å². The molecule has 0 saturated carbocycles. The lowest BCUT2D eigenvalue weighted by Gasteiger charge is -2.20. The van der Waals surface area contributed by atoms with Gasteiger partial charge in [0.2, 0.25) is 0 Å². The third-order valence-electron chi connectivity index (χ3n) is 4.11. The van der Waals surface area contributed by atoms with E-state index < -0.39 is 0 Å². The average molecular weight is 399 g/mol. The molecule has 0 spiro atoms. The number of hydrogen-bond acceptors (Lipinski definition) is 3. The highest BCUT2D eigenvalue weighted by Gasteiger charge is 2.14. The summed E-state index contributed by atoms with van der Waals surface area (Å²) in [5.74, 6) is 2.87. The Labute approximate surface area is 155 Å². The highest BCUT2D eigenvalue weighted by Crippen LogP contribution is 2.30. The first-order valence-electron chi connectivity index (χ1n) is 8.62. The molecule has 4 heteroatoms. The second-order valence-corrected chi connectivity index (χ2v) is 6.90. The van der Waals surface area contributed by atoms with Gasteiger partial charge >= 0.3 is 0 Å². The van der Waals surface area contributed by atoms with Gasteiger partial charge in [-0.3, -0.25) is 0 Å². The zero-order valence-corrected chi connectivity index (χ0v) is 17.0. The molecule has 0 unspecified atom stereocenters. The smallest absolute Gasteiger partial charge is 0.161 e. The normalized spacial score (nSPS) is 12.8. The molecule has 136 valence electrons. The molecular weight excluding hydrogens is 368 g/mol. The summed E-state index contributed by atoms with van der Waals surface area (Å²) in [5.41, 5.74) is 1.29. The maximum absolute atomic E-state index is 5.89. The first kappa shape index (κ1) is 21.0. The fraction of sp³-hybridized carbons (Fsp3) is 0.600. The standard InChI is InChI=1S/C20H31BrO3/c1-16(2)18(8-5-6-11-21)14-17-9-10-19(23-4)20(15-17)24-13-7-12-22-3/h5-6,9-10,15-16,18H,7-8,11-14H2,1-4H3/b6-5+/t18-/m0/s1. The SMILES string of the molecule is COCCCOc1cc(C[C@H](C/C=C/CBr)C(C)C)ccc1OC. The Hall–Kier alpha value is -1.00. The summed E-state index contributed by atoms with van der Waals surface area (Å²) in [6.07, 6.45) is 7.46. The zero-order chi connectivity index (χ0) is 17.8. The number of methoxy groups -OCH3 is 2. The summed E-state index contributed by atoms with van der Waals surface area (Å²) < 4.78 is 16.4. The zero-order valence-electron chi connectivity index (χ0n) is 15.4. The largest absolute Gasteiger partial charge is 0.493 e. The molecule has 0 aliphatic rings. The van der Waals surface area contributed by atoms with E-state index in [0.29, 0.717) is 25.0 Å². The van der Waals surface area contributed by atoms with Crippen molar-refractivity contribution in [3.63, 3.8) is 0 Å². The van der Waals surface area contributed by atoms with Gasteiger partial charge in [0.25, 0.3) is 0 Å². The lowest BCUT2D eigenvalue weighted by molar-refractivity contribution is 0.170. The Bertz CT molecular complexity index is 486. The van der Waals surface area contributed by atoms with Gasteiger partial charge in [0.1, 0.15) is 0 Å². The maximum Gasteiger partial charge on any atom is 0.161 e. The second-order valence-electron chi connectivity index (χ2n) is 6.25. The molecule has 1 rings (SSSR count). The minimum Gasteiger partial charge on any atom is -0.493 e. The Morgan fingerprint density at radius 1 is 1.08 bits per heavy atom. The lowest BCUT2D eigenvalue weighted by Crippen LogP contribution is -2.11. The molecule has 0 aliphatic carbocycles. The highest BCUT2D eigenvalue weighted by atomic mass is 79.9.